The molecule has 130 valence electrons. The van der Waals surface area contributed by atoms with E-state index in [1.54, 1.807) is 16.8 Å². The minimum Gasteiger partial charge on any atom is -0.311 e. The summed E-state index contributed by atoms with van der Waals surface area (Å²) >= 11 is 10.2. The number of hydrogen-bond donors (Lipinski definition) is 0. The van der Waals surface area contributed by atoms with Gasteiger partial charge < -0.3 is 4.90 Å². The molecule has 4 rings (SSSR count). The molecule has 7 heteroatoms. The number of thiocarbonyl (C=S) groups is 1. The van der Waals surface area contributed by atoms with Crippen LogP contribution in [0.2, 0.25) is 0 Å². The zero-order valence-electron chi connectivity index (χ0n) is 13.8. The third-order valence-electron chi connectivity index (χ3n) is 5.07. The number of amides is 2. The Balaban J connectivity index is 1.79. The van der Waals surface area contributed by atoms with Gasteiger partial charge in [0.25, 0.3) is 11.8 Å². The van der Waals surface area contributed by atoms with E-state index < -0.39 is 0 Å². The van der Waals surface area contributed by atoms with Crippen molar-refractivity contribution in [2.45, 2.75) is 38.1 Å². The minimum atomic E-state index is -0.141. The summed E-state index contributed by atoms with van der Waals surface area (Å²) in [6, 6.07) is 5.88. The van der Waals surface area contributed by atoms with Gasteiger partial charge in [-0.1, -0.05) is 59.2 Å². The van der Waals surface area contributed by atoms with Gasteiger partial charge in [-0.05, 0) is 31.0 Å². The van der Waals surface area contributed by atoms with Gasteiger partial charge in [-0.3, -0.25) is 14.5 Å². The molecule has 3 aliphatic rings. The summed E-state index contributed by atoms with van der Waals surface area (Å²) in [5.74, 6) is -0.247. The van der Waals surface area contributed by atoms with Crippen LogP contribution in [0.25, 0.3) is 5.57 Å². The van der Waals surface area contributed by atoms with E-state index in [4.69, 9.17) is 12.2 Å². The van der Waals surface area contributed by atoms with Gasteiger partial charge in [0.15, 0.2) is 0 Å². The van der Waals surface area contributed by atoms with E-state index in [9.17, 15) is 9.59 Å². The number of anilines is 1. The Labute approximate surface area is 164 Å². The normalized spacial score (nSPS) is 24.5. The van der Waals surface area contributed by atoms with E-state index in [2.05, 4.69) is 15.9 Å². The Morgan fingerprint density at radius 3 is 2.60 bits per heavy atom. The van der Waals surface area contributed by atoms with E-state index in [0.717, 1.165) is 41.4 Å². The molecule has 0 spiro atoms. The van der Waals surface area contributed by atoms with E-state index >= 15 is 0 Å². The van der Waals surface area contributed by atoms with Crippen LogP contribution < -0.4 is 4.90 Å². The molecule has 2 fully saturated rings. The largest absolute Gasteiger partial charge is 0.311 e. The zero-order valence-corrected chi connectivity index (χ0v) is 17.0. The summed E-state index contributed by atoms with van der Waals surface area (Å²) < 4.78 is 1.47. The molecule has 4 nitrogen and oxygen atoms in total. The summed E-state index contributed by atoms with van der Waals surface area (Å²) in [6.45, 7) is 0. The Morgan fingerprint density at radius 2 is 1.88 bits per heavy atom. The van der Waals surface area contributed by atoms with E-state index in [1.807, 2.05) is 18.2 Å². The maximum Gasteiger partial charge on any atom is 0.267 e. The lowest BCUT2D eigenvalue weighted by Gasteiger charge is -2.29. The molecule has 25 heavy (non-hydrogen) atoms. The zero-order chi connectivity index (χ0) is 17.7. The average molecular weight is 437 g/mol. The van der Waals surface area contributed by atoms with Crippen LogP contribution >= 0.6 is 39.9 Å². The minimum absolute atomic E-state index is 0.105. The van der Waals surface area contributed by atoms with Crippen molar-refractivity contribution in [1.29, 1.82) is 0 Å². The Morgan fingerprint density at radius 1 is 1.16 bits per heavy atom. The number of hydrogen-bond acceptors (Lipinski definition) is 4. The molecule has 0 unspecified atom stereocenters. The van der Waals surface area contributed by atoms with Crippen molar-refractivity contribution < 1.29 is 9.59 Å². The lowest BCUT2D eigenvalue weighted by molar-refractivity contribution is -0.124. The van der Waals surface area contributed by atoms with Gasteiger partial charge in [-0.25, -0.2) is 0 Å². The molecule has 1 aromatic rings. The molecule has 2 heterocycles. The number of thioether (sulfide) groups is 1. The summed E-state index contributed by atoms with van der Waals surface area (Å²) in [4.78, 5) is 29.8. The third kappa shape index (κ3) is 2.76. The number of nitrogens with zero attached hydrogens (tertiary/aromatic N) is 2. The van der Waals surface area contributed by atoms with Crippen LogP contribution in [0.15, 0.2) is 27.6 Å². The fourth-order valence-corrected chi connectivity index (χ4v) is 5.63. The molecular formula is C18H17BrN2O2S2. The average Bonchev–Trinajstić information content (AvgIpc) is 3.02. The van der Waals surface area contributed by atoms with Crippen molar-refractivity contribution in [2.75, 3.05) is 11.9 Å². The lowest BCUT2D eigenvalue weighted by Crippen LogP contribution is -2.39. The highest BCUT2D eigenvalue weighted by Crippen LogP contribution is 2.46. The maximum atomic E-state index is 13.1. The van der Waals surface area contributed by atoms with Crippen molar-refractivity contribution in [3.63, 3.8) is 0 Å². The molecule has 0 bridgehead atoms. The van der Waals surface area contributed by atoms with Gasteiger partial charge in [0.2, 0.25) is 0 Å². The van der Waals surface area contributed by atoms with Crippen molar-refractivity contribution in [3.05, 3.63) is 33.1 Å². The van der Waals surface area contributed by atoms with Gasteiger partial charge in [0.05, 0.1) is 16.2 Å². The van der Waals surface area contributed by atoms with Crippen molar-refractivity contribution in [3.8, 4) is 0 Å². The smallest absolute Gasteiger partial charge is 0.267 e. The number of rotatable bonds is 1. The fourth-order valence-electron chi connectivity index (χ4n) is 3.80. The quantitative estimate of drug-likeness (QED) is 0.485. The number of likely N-dealkylation sites (N-methyl/N-ethyl adjacent to an activating group) is 1. The molecular weight excluding hydrogens is 420 g/mol. The second-order valence-corrected chi connectivity index (χ2v) is 9.12. The van der Waals surface area contributed by atoms with Crippen LogP contribution in [0.5, 0.6) is 0 Å². The first kappa shape index (κ1) is 17.2. The van der Waals surface area contributed by atoms with Crippen LogP contribution in [0.1, 0.15) is 37.7 Å². The highest BCUT2D eigenvalue weighted by atomic mass is 79.9. The monoisotopic (exact) mass is 436 g/mol. The SMILES string of the molecule is CN1C(=O)/C(=C2\SC(=S)N(C3CCCCC3)C2=O)c2cc(Br)ccc21. The summed E-state index contributed by atoms with van der Waals surface area (Å²) in [5, 5.41) is 0. The van der Waals surface area contributed by atoms with Crippen LogP contribution in [0, 0.1) is 0 Å². The molecule has 1 aliphatic carbocycles. The summed E-state index contributed by atoms with van der Waals surface area (Å²) in [5.41, 5.74) is 2.10. The van der Waals surface area contributed by atoms with Crippen molar-refractivity contribution in [1.82, 2.24) is 4.90 Å². The predicted molar refractivity (Wildman–Crippen MR) is 108 cm³/mol. The highest BCUT2D eigenvalue weighted by molar-refractivity contribution is 9.10. The molecule has 1 saturated heterocycles. The van der Waals surface area contributed by atoms with E-state index in [1.165, 1.54) is 18.2 Å². The summed E-state index contributed by atoms with van der Waals surface area (Å²) in [6.07, 6.45) is 5.46. The van der Waals surface area contributed by atoms with Gasteiger partial charge in [-0.15, -0.1) is 0 Å². The van der Waals surface area contributed by atoms with E-state index in [0.29, 0.717) is 14.8 Å². The predicted octanol–water partition coefficient (Wildman–Crippen LogP) is 4.33. The lowest BCUT2D eigenvalue weighted by atomic mass is 9.94. The fraction of sp³-hybridized carbons (Fsp3) is 0.389. The standard InChI is InChI=1S/C18H17BrN2O2S2/c1-20-13-8-7-10(19)9-12(13)14(16(20)22)15-17(23)21(18(24)25-15)11-5-3-2-4-6-11/h7-9,11H,2-6H2,1H3/b15-14-. The highest BCUT2D eigenvalue weighted by Gasteiger charge is 2.43. The van der Waals surface area contributed by atoms with Gasteiger partial charge in [-0.2, -0.15) is 0 Å². The van der Waals surface area contributed by atoms with Crippen molar-refractivity contribution >= 4 is 67.3 Å². The number of halogens is 1. The second kappa shape index (κ2) is 6.52. The first-order valence-electron chi connectivity index (χ1n) is 8.36. The van der Waals surface area contributed by atoms with Crippen LogP contribution in [-0.2, 0) is 9.59 Å². The Hall–Kier alpha value is -1.18. The second-order valence-electron chi connectivity index (χ2n) is 6.56. The van der Waals surface area contributed by atoms with E-state index in [-0.39, 0.29) is 17.9 Å². The molecule has 2 amide bonds. The number of carbonyl (C=O) groups is 2. The van der Waals surface area contributed by atoms with Crippen LogP contribution in [0.3, 0.4) is 0 Å². The molecule has 1 aromatic carbocycles. The van der Waals surface area contributed by atoms with Crippen LogP contribution in [-0.4, -0.2) is 34.1 Å². The molecule has 2 aliphatic heterocycles. The maximum absolute atomic E-state index is 13.1. The first-order chi connectivity index (χ1) is 12.0. The van der Waals surface area contributed by atoms with Crippen molar-refractivity contribution in [2.24, 2.45) is 0 Å². The number of carbonyl (C=O) groups excluding carboxylic acids is 2. The molecule has 0 aromatic heterocycles. The number of fused-ring (bicyclic) bond motifs is 1. The van der Waals surface area contributed by atoms with Gasteiger partial charge in [0, 0.05) is 23.1 Å². The van der Waals surface area contributed by atoms with Crippen LogP contribution in [0.4, 0.5) is 5.69 Å². The third-order valence-corrected chi connectivity index (χ3v) is 6.97. The first-order valence-corrected chi connectivity index (χ1v) is 10.4. The molecule has 1 saturated carbocycles. The van der Waals surface area contributed by atoms with Gasteiger partial charge in [0.1, 0.15) is 4.32 Å². The Bertz CT molecular complexity index is 830. The topological polar surface area (TPSA) is 40.6 Å². The molecule has 0 atom stereocenters. The Kier molecular flexibility index (Phi) is 4.50. The molecule has 0 radical (unpaired) electrons. The summed E-state index contributed by atoms with van der Waals surface area (Å²) in [7, 11) is 1.74. The molecule has 0 N–H and O–H groups in total. The number of benzene rings is 1. The van der Waals surface area contributed by atoms with Gasteiger partial charge >= 0.3 is 0 Å².